The quantitative estimate of drug-likeness (QED) is 0.169. The van der Waals surface area contributed by atoms with Gasteiger partial charge in [-0.2, -0.15) is 0 Å². The third-order valence-electron chi connectivity index (χ3n) is 4.15. The van der Waals surface area contributed by atoms with Crippen LogP contribution in [0.3, 0.4) is 0 Å². The van der Waals surface area contributed by atoms with Crippen LogP contribution in [0.4, 0.5) is 0 Å². The molecule has 0 aromatic carbocycles. The fraction of sp³-hybridized carbons (Fsp3) is 0.609. The average Bonchev–Trinajstić information content (AvgIpc) is 2.60. The highest BCUT2D eigenvalue weighted by Crippen LogP contribution is 2.12. The predicted molar refractivity (Wildman–Crippen MR) is 110 cm³/mol. The zero-order valence-electron chi connectivity index (χ0n) is 16.2. The van der Waals surface area contributed by atoms with Gasteiger partial charge in [-0.15, -0.1) is 0 Å². The Hall–Kier alpha value is -1.57. The Kier molecular flexibility index (Phi) is 19.2. The van der Waals surface area contributed by atoms with E-state index in [0.717, 1.165) is 12.5 Å². The van der Waals surface area contributed by atoms with Gasteiger partial charge in [-0.1, -0.05) is 120 Å². The monoisotopic (exact) mass is 346 g/mol. The summed E-state index contributed by atoms with van der Waals surface area (Å²) in [5, 5.41) is 8.42. The molecule has 0 heterocycles. The summed E-state index contributed by atoms with van der Waals surface area (Å²) in [5.74, 6) is -0.920. The lowest BCUT2D eigenvalue weighted by Crippen LogP contribution is -1.84. The summed E-state index contributed by atoms with van der Waals surface area (Å²) < 4.78 is 0. The molecule has 0 bridgehead atoms. The molecule has 0 aliphatic heterocycles. The fourth-order valence-corrected chi connectivity index (χ4v) is 2.67. The summed E-state index contributed by atoms with van der Waals surface area (Å²) >= 11 is 0. The highest BCUT2D eigenvalue weighted by Gasteiger charge is 1.92. The molecule has 2 heteroatoms. The molecule has 25 heavy (non-hydrogen) atoms. The topological polar surface area (TPSA) is 37.3 Å². The van der Waals surface area contributed by atoms with Gasteiger partial charge >= 0.3 is 5.97 Å². The molecular weight excluding hydrogens is 308 g/mol. The second-order valence-electron chi connectivity index (χ2n) is 6.57. The number of carboxylic acids is 1. The van der Waals surface area contributed by atoms with E-state index >= 15 is 0 Å². The maximum absolute atomic E-state index is 10.2. The van der Waals surface area contributed by atoms with Crippen molar-refractivity contribution < 1.29 is 9.90 Å². The van der Waals surface area contributed by atoms with Crippen LogP contribution < -0.4 is 0 Å². The largest absolute Gasteiger partial charge is 0.478 e. The van der Waals surface area contributed by atoms with Crippen molar-refractivity contribution >= 4 is 5.97 Å². The van der Waals surface area contributed by atoms with Crippen LogP contribution in [0.1, 0.15) is 90.4 Å². The lowest BCUT2D eigenvalue weighted by atomic mass is 10.0. The van der Waals surface area contributed by atoms with E-state index in [1.807, 2.05) is 18.2 Å². The first-order valence-corrected chi connectivity index (χ1v) is 10.2. The number of aliphatic carboxylic acids is 1. The molecule has 0 aliphatic carbocycles. The van der Waals surface area contributed by atoms with Crippen LogP contribution in [0.5, 0.6) is 0 Å². The number of rotatable bonds is 17. The first kappa shape index (κ1) is 23.4. The molecule has 2 nitrogen and oxygen atoms in total. The molecule has 0 saturated carbocycles. The Balaban J connectivity index is 3.28. The minimum atomic E-state index is -0.920. The van der Waals surface area contributed by atoms with Gasteiger partial charge < -0.3 is 5.11 Å². The minimum Gasteiger partial charge on any atom is -0.478 e. The summed E-state index contributed by atoms with van der Waals surface area (Å²) in [5.41, 5.74) is 0. The lowest BCUT2D eigenvalue weighted by molar-refractivity contribution is -0.131. The molecule has 0 radical (unpaired) electrons. The second kappa shape index (κ2) is 20.5. The van der Waals surface area contributed by atoms with Gasteiger partial charge in [-0.05, 0) is 12.8 Å². The van der Waals surface area contributed by atoms with Crippen molar-refractivity contribution in [1.82, 2.24) is 0 Å². The van der Waals surface area contributed by atoms with Gasteiger partial charge in [-0.3, -0.25) is 0 Å². The van der Waals surface area contributed by atoms with Crippen molar-refractivity contribution in [3.8, 4) is 0 Å². The fourth-order valence-electron chi connectivity index (χ4n) is 2.67. The van der Waals surface area contributed by atoms with Gasteiger partial charge in [0.1, 0.15) is 0 Å². The number of hydrogen-bond acceptors (Lipinski definition) is 1. The van der Waals surface area contributed by atoms with E-state index in [1.165, 1.54) is 83.1 Å². The van der Waals surface area contributed by atoms with Gasteiger partial charge in [-0.25, -0.2) is 4.79 Å². The Labute approximate surface area is 155 Å². The third-order valence-corrected chi connectivity index (χ3v) is 4.15. The molecule has 0 aliphatic rings. The molecule has 0 saturated heterocycles. The SMILES string of the molecule is CCCCCCCCCCCCCC/C=C/C=C/C=C/C=C/C(=O)O. The number of carbonyl (C=O) groups is 1. The van der Waals surface area contributed by atoms with E-state index in [2.05, 4.69) is 19.1 Å². The highest BCUT2D eigenvalue weighted by atomic mass is 16.4. The molecule has 0 atom stereocenters. The summed E-state index contributed by atoms with van der Waals surface area (Å²) in [6.45, 7) is 2.27. The molecule has 0 spiro atoms. The molecule has 0 fully saturated rings. The predicted octanol–water partition coefficient (Wildman–Crippen LogP) is 7.39. The number of allylic oxidation sites excluding steroid dienone is 7. The molecule has 1 N–H and O–H groups in total. The number of carboxylic acid groups (broad SMARTS) is 1. The van der Waals surface area contributed by atoms with E-state index < -0.39 is 5.97 Å². The van der Waals surface area contributed by atoms with Gasteiger partial charge in [0.2, 0.25) is 0 Å². The van der Waals surface area contributed by atoms with E-state index in [-0.39, 0.29) is 0 Å². The maximum Gasteiger partial charge on any atom is 0.328 e. The van der Waals surface area contributed by atoms with Gasteiger partial charge in [0, 0.05) is 6.08 Å². The van der Waals surface area contributed by atoms with Crippen molar-refractivity contribution in [1.29, 1.82) is 0 Å². The molecule has 0 rings (SSSR count). The van der Waals surface area contributed by atoms with Crippen molar-refractivity contribution in [2.75, 3.05) is 0 Å². The minimum absolute atomic E-state index is 0.920. The molecular formula is C23H38O2. The average molecular weight is 347 g/mol. The lowest BCUT2D eigenvalue weighted by Gasteiger charge is -2.02. The zero-order valence-corrected chi connectivity index (χ0v) is 16.2. The van der Waals surface area contributed by atoms with Gasteiger partial charge in [0.15, 0.2) is 0 Å². The van der Waals surface area contributed by atoms with E-state index in [0.29, 0.717) is 0 Å². The molecule has 0 amide bonds. The highest BCUT2D eigenvalue weighted by molar-refractivity contribution is 5.80. The van der Waals surface area contributed by atoms with Crippen molar-refractivity contribution in [3.05, 3.63) is 48.6 Å². The Bertz CT molecular complexity index is 402. The van der Waals surface area contributed by atoms with E-state index in [1.54, 1.807) is 6.08 Å². The molecule has 0 aromatic rings. The standard InChI is InChI=1S/C23H38O2/c1-2-3-4-5-6-7-8-9-10-11-12-13-14-15-16-17-18-19-20-21-22-23(24)25/h15-22H,2-14H2,1H3,(H,24,25)/b16-15+,18-17+,20-19+,22-21+. The zero-order chi connectivity index (χ0) is 18.4. The summed E-state index contributed by atoms with van der Waals surface area (Å²) in [4.78, 5) is 10.2. The summed E-state index contributed by atoms with van der Waals surface area (Å²) in [7, 11) is 0. The van der Waals surface area contributed by atoms with Crippen LogP contribution in [-0.2, 0) is 4.79 Å². The first-order chi connectivity index (χ1) is 12.3. The van der Waals surface area contributed by atoms with Gasteiger partial charge in [0.05, 0.1) is 0 Å². The normalized spacial score (nSPS) is 12.4. The van der Waals surface area contributed by atoms with Crippen LogP contribution in [0, 0.1) is 0 Å². The number of hydrogen-bond donors (Lipinski definition) is 1. The van der Waals surface area contributed by atoms with E-state index in [9.17, 15) is 4.79 Å². The van der Waals surface area contributed by atoms with Gasteiger partial charge in [0.25, 0.3) is 0 Å². The number of unbranched alkanes of at least 4 members (excludes halogenated alkanes) is 12. The van der Waals surface area contributed by atoms with E-state index in [4.69, 9.17) is 5.11 Å². The van der Waals surface area contributed by atoms with Crippen LogP contribution in [0.2, 0.25) is 0 Å². The third kappa shape index (κ3) is 22.4. The van der Waals surface area contributed by atoms with Crippen molar-refractivity contribution in [3.63, 3.8) is 0 Å². The van der Waals surface area contributed by atoms with Crippen molar-refractivity contribution in [2.24, 2.45) is 0 Å². The first-order valence-electron chi connectivity index (χ1n) is 10.2. The molecule has 0 unspecified atom stereocenters. The summed E-state index contributed by atoms with van der Waals surface area (Å²) in [6.07, 6.45) is 32.2. The Morgan fingerprint density at radius 2 is 1.08 bits per heavy atom. The second-order valence-corrected chi connectivity index (χ2v) is 6.57. The van der Waals surface area contributed by atoms with Crippen LogP contribution in [0.15, 0.2) is 48.6 Å². The smallest absolute Gasteiger partial charge is 0.328 e. The maximum atomic E-state index is 10.2. The van der Waals surface area contributed by atoms with Crippen LogP contribution in [0.25, 0.3) is 0 Å². The summed E-state index contributed by atoms with van der Waals surface area (Å²) in [6, 6.07) is 0. The molecule has 142 valence electrons. The van der Waals surface area contributed by atoms with Crippen LogP contribution >= 0.6 is 0 Å². The molecule has 0 aromatic heterocycles. The van der Waals surface area contributed by atoms with Crippen LogP contribution in [-0.4, -0.2) is 11.1 Å². The van der Waals surface area contributed by atoms with Crippen molar-refractivity contribution in [2.45, 2.75) is 90.4 Å². The Morgan fingerprint density at radius 1 is 0.640 bits per heavy atom. The Morgan fingerprint density at radius 3 is 1.60 bits per heavy atom.